The molecule has 1 aliphatic carbocycles. The van der Waals surface area contributed by atoms with Gasteiger partial charge in [-0.2, -0.15) is 0 Å². The monoisotopic (exact) mass is 524 g/mol. The summed E-state index contributed by atoms with van der Waals surface area (Å²) in [5, 5.41) is 4.02. The van der Waals surface area contributed by atoms with Crippen LogP contribution in [0.3, 0.4) is 0 Å². The van der Waals surface area contributed by atoms with Crippen LogP contribution in [0.1, 0.15) is 44.7 Å². The topological polar surface area (TPSA) is 151 Å². The molecule has 1 heterocycles. The molecule has 0 spiro atoms. The lowest BCUT2D eigenvalue weighted by atomic mass is 10.1. The number of amides is 5. The second kappa shape index (κ2) is 10.7. The molecule has 3 N–H and O–H groups in total. The second-order valence-electron chi connectivity index (χ2n) is 8.52. The molecular formula is C25H24N4O7S. The molecule has 2 aromatic rings. The summed E-state index contributed by atoms with van der Waals surface area (Å²) in [6.45, 7) is 0.371. The van der Waals surface area contributed by atoms with Crippen molar-refractivity contribution in [3.8, 4) is 17.6 Å². The molecule has 0 bridgehead atoms. The van der Waals surface area contributed by atoms with Gasteiger partial charge in [-0.3, -0.25) is 19.7 Å². The van der Waals surface area contributed by atoms with Crippen LogP contribution in [0.15, 0.2) is 42.5 Å². The number of rotatable bonds is 8. The summed E-state index contributed by atoms with van der Waals surface area (Å²) in [4.78, 5) is 49.3. The molecular weight excluding hydrogens is 500 g/mol. The van der Waals surface area contributed by atoms with Crippen molar-refractivity contribution in [2.75, 3.05) is 13.7 Å². The van der Waals surface area contributed by atoms with Crippen molar-refractivity contribution in [1.29, 1.82) is 0 Å². The minimum absolute atomic E-state index is 0.0502. The van der Waals surface area contributed by atoms with Crippen LogP contribution in [-0.4, -0.2) is 62.5 Å². The van der Waals surface area contributed by atoms with Gasteiger partial charge >= 0.3 is 6.03 Å². The summed E-state index contributed by atoms with van der Waals surface area (Å²) in [5.41, 5.74) is 1.96. The van der Waals surface area contributed by atoms with Crippen LogP contribution in [0.4, 0.5) is 4.79 Å². The zero-order chi connectivity index (χ0) is 26.6. The number of carbonyl (C=O) groups excluding carboxylic acids is 4. The Balaban J connectivity index is 1.46. The first-order chi connectivity index (χ1) is 17.7. The van der Waals surface area contributed by atoms with E-state index in [-0.39, 0.29) is 24.4 Å². The summed E-state index contributed by atoms with van der Waals surface area (Å²) in [5.74, 6) is 5.34. The number of fused-ring (bicyclic) bond motifs is 1. The van der Waals surface area contributed by atoms with Crippen molar-refractivity contribution in [3.05, 3.63) is 64.7 Å². The molecule has 12 heteroatoms. The third-order valence-corrected chi connectivity index (χ3v) is 7.65. The molecule has 192 valence electrons. The first-order valence-corrected chi connectivity index (χ1v) is 12.9. The smallest absolute Gasteiger partial charge is 0.322 e. The lowest BCUT2D eigenvalue weighted by molar-refractivity contribution is -0.108. The molecule has 0 saturated heterocycles. The van der Waals surface area contributed by atoms with E-state index in [1.165, 1.54) is 36.3 Å². The Kier molecular flexibility index (Phi) is 7.45. The highest BCUT2D eigenvalue weighted by Crippen LogP contribution is 2.28. The maximum atomic E-state index is 12.9. The fourth-order valence-corrected chi connectivity index (χ4v) is 5.04. The van der Waals surface area contributed by atoms with Crippen molar-refractivity contribution in [3.63, 3.8) is 0 Å². The van der Waals surface area contributed by atoms with Crippen molar-refractivity contribution >= 4 is 34.3 Å². The maximum absolute atomic E-state index is 12.9. The Bertz CT molecular complexity index is 1410. The number of benzene rings is 2. The fraction of sp³-hybridized carbons (Fsp3) is 0.280. The van der Waals surface area contributed by atoms with E-state index in [9.17, 15) is 27.6 Å². The molecule has 1 atom stereocenters. The average Bonchev–Trinajstić information content (AvgIpc) is 3.69. The number of ether oxygens (including phenoxy) is 1. The predicted molar refractivity (Wildman–Crippen MR) is 132 cm³/mol. The van der Waals surface area contributed by atoms with E-state index >= 15 is 0 Å². The zero-order valence-electron chi connectivity index (χ0n) is 19.8. The molecule has 0 unspecified atom stereocenters. The van der Waals surface area contributed by atoms with E-state index in [2.05, 4.69) is 21.9 Å². The zero-order valence-corrected chi connectivity index (χ0v) is 20.6. The minimum atomic E-state index is -3.66. The van der Waals surface area contributed by atoms with Crippen LogP contribution in [0, 0.1) is 11.8 Å². The van der Waals surface area contributed by atoms with E-state index in [4.69, 9.17) is 4.74 Å². The summed E-state index contributed by atoms with van der Waals surface area (Å²) in [7, 11) is -2.15. The number of methoxy groups -OCH3 is 1. The van der Waals surface area contributed by atoms with Crippen molar-refractivity contribution < 1.29 is 32.3 Å². The number of hydrogen-bond acceptors (Lipinski definition) is 7. The van der Waals surface area contributed by atoms with Gasteiger partial charge in [-0.1, -0.05) is 17.9 Å². The number of nitrogens with one attached hydrogen (secondary N) is 3. The average molecular weight is 525 g/mol. The van der Waals surface area contributed by atoms with Gasteiger partial charge in [-0.25, -0.2) is 17.9 Å². The van der Waals surface area contributed by atoms with Crippen molar-refractivity contribution in [1.82, 2.24) is 20.3 Å². The Labute approximate surface area is 213 Å². The van der Waals surface area contributed by atoms with E-state index in [0.29, 0.717) is 36.3 Å². The van der Waals surface area contributed by atoms with Crippen LogP contribution in [0.5, 0.6) is 5.75 Å². The number of nitrogens with zero attached hydrogens (tertiary/aromatic N) is 1. The van der Waals surface area contributed by atoms with Gasteiger partial charge in [-0.15, -0.1) is 0 Å². The summed E-state index contributed by atoms with van der Waals surface area (Å²) < 4.78 is 31.2. The molecule has 0 aromatic heterocycles. The van der Waals surface area contributed by atoms with Crippen LogP contribution < -0.4 is 20.1 Å². The van der Waals surface area contributed by atoms with Crippen LogP contribution in [0.25, 0.3) is 0 Å². The van der Waals surface area contributed by atoms with Gasteiger partial charge in [0.25, 0.3) is 11.8 Å². The van der Waals surface area contributed by atoms with Gasteiger partial charge in [0.05, 0.1) is 18.9 Å². The highest BCUT2D eigenvalue weighted by atomic mass is 32.2. The molecule has 4 rings (SSSR count). The van der Waals surface area contributed by atoms with Gasteiger partial charge in [-0.05, 0) is 54.8 Å². The first kappa shape index (κ1) is 25.7. The largest absolute Gasteiger partial charge is 0.497 e. The number of urea groups is 1. The number of carbonyl (C=O) groups is 4. The number of sulfonamides is 1. The minimum Gasteiger partial charge on any atom is -0.497 e. The Morgan fingerprint density at radius 2 is 1.92 bits per heavy atom. The van der Waals surface area contributed by atoms with Crippen LogP contribution in [-0.2, 0) is 21.4 Å². The highest BCUT2D eigenvalue weighted by Gasteiger charge is 2.37. The lowest BCUT2D eigenvalue weighted by Crippen LogP contribution is -2.46. The Morgan fingerprint density at radius 3 is 2.57 bits per heavy atom. The van der Waals surface area contributed by atoms with Crippen LogP contribution in [0.2, 0.25) is 0 Å². The van der Waals surface area contributed by atoms with E-state index in [0.717, 1.165) is 5.56 Å². The van der Waals surface area contributed by atoms with Crippen molar-refractivity contribution in [2.45, 2.75) is 30.7 Å². The number of hydrogen-bond donors (Lipinski definition) is 3. The second-order valence-corrected chi connectivity index (χ2v) is 10.5. The van der Waals surface area contributed by atoms with E-state index < -0.39 is 33.3 Å². The van der Waals surface area contributed by atoms with Gasteiger partial charge < -0.3 is 15.0 Å². The van der Waals surface area contributed by atoms with E-state index in [1.54, 1.807) is 18.2 Å². The molecule has 5 amide bonds. The molecule has 1 fully saturated rings. The van der Waals surface area contributed by atoms with Crippen LogP contribution >= 0.6 is 0 Å². The van der Waals surface area contributed by atoms with Gasteiger partial charge in [0.2, 0.25) is 16.4 Å². The van der Waals surface area contributed by atoms with Gasteiger partial charge in [0, 0.05) is 23.2 Å². The summed E-state index contributed by atoms with van der Waals surface area (Å²) >= 11 is 0. The first-order valence-electron chi connectivity index (χ1n) is 11.3. The standard InChI is InChI=1S/C25H24N4O7S/c1-36-20-9-7-18-13-29(24(32)22(18)12-20)14-19(27-25(33)26-15-30)8-4-16-2-5-17(6-3-16)23(31)28-37(34,35)21-10-11-21/h2-3,5-7,9,12,15,19,21H,10-11,13-14H2,1H3,(H,28,31)(H2,26,27,30,33)/t19-/m1/s1. The third kappa shape index (κ3) is 6.25. The van der Waals surface area contributed by atoms with Crippen molar-refractivity contribution in [2.24, 2.45) is 0 Å². The Morgan fingerprint density at radius 1 is 1.19 bits per heavy atom. The molecule has 1 saturated carbocycles. The third-order valence-electron chi connectivity index (χ3n) is 5.83. The van der Waals surface area contributed by atoms with E-state index in [1.807, 2.05) is 5.32 Å². The molecule has 2 aromatic carbocycles. The highest BCUT2D eigenvalue weighted by molar-refractivity contribution is 7.91. The SMILES string of the molecule is COc1ccc2c(c1)C(=O)N(C[C@@H](C#Cc1ccc(C(=O)NS(=O)(=O)C3CC3)cc1)NC(=O)NC=O)C2. The normalized spacial score (nSPS) is 15.1. The Hall–Kier alpha value is -4.37. The predicted octanol–water partition coefficient (Wildman–Crippen LogP) is 0.749. The van der Waals surface area contributed by atoms with Gasteiger partial charge in [0.1, 0.15) is 11.8 Å². The summed E-state index contributed by atoms with van der Waals surface area (Å²) in [6.07, 6.45) is 1.32. The molecule has 2 aliphatic rings. The fourth-order valence-electron chi connectivity index (χ4n) is 3.74. The molecule has 1 aliphatic heterocycles. The van der Waals surface area contributed by atoms with Gasteiger partial charge in [0.15, 0.2) is 0 Å². The molecule has 37 heavy (non-hydrogen) atoms. The molecule has 11 nitrogen and oxygen atoms in total. The quantitative estimate of drug-likeness (QED) is 0.341. The molecule has 0 radical (unpaired) electrons. The lowest BCUT2D eigenvalue weighted by Gasteiger charge is -2.21. The maximum Gasteiger partial charge on any atom is 0.322 e. The number of imide groups is 1. The summed E-state index contributed by atoms with van der Waals surface area (Å²) in [6, 6.07) is 9.57.